The van der Waals surface area contributed by atoms with Gasteiger partial charge in [0.15, 0.2) is 0 Å². The van der Waals surface area contributed by atoms with E-state index in [0.717, 1.165) is 5.88 Å². The lowest BCUT2D eigenvalue weighted by atomic mass is 10.1. The summed E-state index contributed by atoms with van der Waals surface area (Å²) in [7, 11) is 0. The lowest BCUT2D eigenvalue weighted by Gasteiger charge is -2.23. The van der Waals surface area contributed by atoms with E-state index in [1.165, 1.54) is 47.1 Å². The van der Waals surface area contributed by atoms with E-state index in [1.54, 1.807) is 4.91 Å². The summed E-state index contributed by atoms with van der Waals surface area (Å²) in [6.45, 7) is 6.72. The van der Waals surface area contributed by atoms with E-state index in [0.29, 0.717) is 0 Å². The minimum Gasteiger partial charge on any atom is -0.333 e. The van der Waals surface area contributed by atoms with Gasteiger partial charge in [-0.1, -0.05) is 31.9 Å². The van der Waals surface area contributed by atoms with Crippen LogP contribution in [0.1, 0.15) is 45.1 Å². The molecule has 1 heterocycles. The molecule has 19 heavy (non-hydrogen) atoms. The fourth-order valence-corrected chi connectivity index (χ4v) is 4.37. The van der Waals surface area contributed by atoms with Gasteiger partial charge in [0.2, 0.25) is 0 Å². The number of thioether (sulfide) groups is 1. The fraction of sp³-hybridized carbons (Fsp3) is 0.500. The average Bonchev–Trinajstić information content (AvgIpc) is 2.72. The fourth-order valence-electron chi connectivity index (χ4n) is 2.48. The molecule has 1 nitrogen and oxygen atoms in total. The second-order valence-electron chi connectivity index (χ2n) is 5.07. The van der Waals surface area contributed by atoms with E-state index in [-0.39, 0.29) is 0 Å². The first-order chi connectivity index (χ1) is 9.15. The van der Waals surface area contributed by atoms with Crippen LogP contribution in [0.3, 0.4) is 0 Å². The molecule has 0 unspecified atom stereocenters. The number of allylic oxidation sites excluding steroid dienone is 2. The summed E-state index contributed by atoms with van der Waals surface area (Å²) in [6.07, 6.45) is 5.19. The van der Waals surface area contributed by atoms with Crippen molar-refractivity contribution in [2.75, 3.05) is 10.8 Å². The third-order valence-electron chi connectivity index (χ3n) is 3.64. The van der Waals surface area contributed by atoms with Gasteiger partial charge in [-0.3, -0.25) is 0 Å². The van der Waals surface area contributed by atoms with Crippen molar-refractivity contribution in [3.8, 4) is 0 Å². The molecule has 0 N–H and O–H groups in total. The first-order valence-corrected chi connectivity index (χ1v) is 8.78. The highest BCUT2D eigenvalue weighted by Crippen LogP contribution is 2.42. The van der Waals surface area contributed by atoms with Crippen molar-refractivity contribution in [1.29, 1.82) is 0 Å². The largest absolute Gasteiger partial charge is 0.333 e. The topological polar surface area (TPSA) is 3.24 Å². The van der Waals surface area contributed by atoms with Gasteiger partial charge in [-0.2, -0.15) is 0 Å². The maximum Gasteiger partial charge on any atom is 0.0729 e. The smallest absolute Gasteiger partial charge is 0.0729 e. The van der Waals surface area contributed by atoms with E-state index in [9.17, 15) is 0 Å². The van der Waals surface area contributed by atoms with Crippen molar-refractivity contribution >= 4 is 33.4 Å². The van der Waals surface area contributed by atoms with Gasteiger partial charge >= 0.3 is 0 Å². The summed E-state index contributed by atoms with van der Waals surface area (Å²) in [4.78, 5) is 4.02. The van der Waals surface area contributed by atoms with E-state index < -0.39 is 0 Å². The minimum absolute atomic E-state index is 1.05. The number of nitrogens with zero attached hydrogens (tertiary/aromatic N) is 1. The molecule has 1 aliphatic heterocycles. The maximum absolute atomic E-state index is 3.69. The summed E-state index contributed by atoms with van der Waals surface area (Å²) in [5.74, 6) is 1.05. The second-order valence-corrected chi connectivity index (χ2v) is 6.97. The van der Waals surface area contributed by atoms with Crippen molar-refractivity contribution in [2.45, 2.75) is 46.5 Å². The molecular weight excluding hydrogens is 318 g/mol. The Balaban J connectivity index is 2.18. The number of para-hydroxylation sites is 1. The van der Waals surface area contributed by atoms with Gasteiger partial charge in [0.05, 0.1) is 11.6 Å². The van der Waals surface area contributed by atoms with E-state index in [4.69, 9.17) is 0 Å². The van der Waals surface area contributed by atoms with Crippen LogP contribution in [-0.2, 0) is 0 Å². The maximum atomic E-state index is 3.69. The summed E-state index contributed by atoms with van der Waals surface area (Å²) < 4.78 is 1.20. The van der Waals surface area contributed by atoms with Crippen LogP contribution < -0.4 is 4.90 Å². The number of halogens is 1. The van der Waals surface area contributed by atoms with Crippen molar-refractivity contribution in [3.63, 3.8) is 0 Å². The Morgan fingerprint density at radius 3 is 2.74 bits per heavy atom. The molecule has 1 aliphatic rings. The second kappa shape index (κ2) is 6.85. The first-order valence-electron chi connectivity index (χ1n) is 7.00. The van der Waals surface area contributed by atoms with Crippen LogP contribution >= 0.6 is 27.7 Å². The SMILES string of the molecule is CCCCCC1=C(C)N(c2c(C)cccc2Br)CS1. The molecule has 2 rings (SSSR count). The number of unbranched alkanes of at least 4 members (excludes halogenated alkanes) is 2. The Kier molecular flexibility index (Phi) is 5.40. The lowest BCUT2D eigenvalue weighted by molar-refractivity contribution is 0.723. The van der Waals surface area contributed by atoms with E-state index in [1.807, 2.05) is 11.8 Å². The number of aryl methyl sites for hydroxylation is 1. The van der Waals surface area contributed by atoms with Crippen molar-refractivity contribution in [2.24, 2.45) is 0 Å². The van der Waals surface area contributed by atoms with Gasteiger partial charge in [-0.15, -0.1) is 11.8 Å². The predicted molar refractivity (Wildman–Crippen MR) is 90.7 cm³/mol. The Morgan fingerprint density at radius 1 is 1.26 bits per heavy atom. The molecule has 0 bridgehead atoms. The van der Waals surface area contributed by atoms with Gasteiger partial charge in [-0.05, 0) is 54.2 Å². The van der Waals surface area contributed by atoms with Crippen LogP contribution in [0.2, 0.25) is 0 Å². The lowest BCUT2D eigenvalue weighted by Crippen LogP contribution is -2.17. The molecule has 0 radical (unpaired) electrons. The van der Waals surface area contributed by atoms with Crippen LogP contribution in [0, 0.1) is 6.92 Å². The number of rotatable bonds is 5. The molecule has 1 aromatic carbocycles. The van der Waals surface area contributed by atoms with Gasteiger partial charge in [-0.25, -0.2) is 0 Å². The Hall–Kier alpha value is -0.410. The third kappa shape index (κ3) is 3.38. The molecule has 0 atom stereocenters. The Labute approximate surface area is 129 Å². The van der Waals surface area contributed by atoms with Gasteiger partial charge < -0.3 is 4.90 Å². The summed E-state index contributed by atoms with van der Waals surface area (Å²) >= 11 is 5.70. The average molecular weight is 340 g/mol. The number of anilines is 1. The van der Waals surface area contributed by atoms with Crippen LogP contribution in [0.15, 0.2) is 33.3 Å². The highest BCUT2D eigenvalue weighted by atomic mass is 79.9. The van der Waals surface area contributed by atoms with Crippen LogP contribution in [0.4, 0.5) is 5.69 Å². The molecule has 0 aromatic heterocycles. The highest BCUT2D eigenvalue weighted by molar-refractivity contribution is 9.10. The summed E-state index contributed by atoms with van der Waals surface area (Å²) in [5, 5.41) is 0. The quantitative estimate of drug-likeness (QED) is 0.598. The van der Waals surface area contributed by atoms with Crippen molar-refractivity contribution in [3.05, 3.63) is 38.8 Å². The zero-order valence-electron chi connectivity index (χ0n) is 12.0. The van der Waals surface area contributed by atoms with Crippen LogP contribution in [-0.4, -0.2) is 5.88 Å². The Bertz CT molecular complexity index is 461. The normalized spacial score (nSPS) is 15.5. The zero-order chi connectivity index (χ0) is 13.8. The number of hydrogen-bond donors (Lipinski definition) is 0. The zero-order valence-corrected chi connectivity index (χ0v) is 14.4. The molecule has 0 fully saturated rings. The monoisotopic (exact) mass is 339 g/mol. The molecular formula is C16H22BrNS. The molecule has 0 saturated heterocycles. The molecule has 1 aromatic rings. The van der Waals surface area contributed by atoms with Gasteiger partial charge in [0, 0.05) is 15.1 Å². The molecule has 0 aliphatic carbocycles. The molecule has 0 spiro atoms. The standard InChI is InChI=1S/C16H22BrNS/c1-4-5-6-10-15-13(3)18(11-19-15)16-12(2)8-7-9-14(16)17/h7-9H,4-6,10-11H2,1-3H3. The first kappa shape index (κ1) is 15.0. The molecule has 0 saturated carbocycles. The van der Waals surface area contributed by atoms with Crippen LogP contribution in [0.5, 0.6) is 0 Å². The van der Waals surface area contributed by atoms with E-state index in [2.05, 4.69) is 59.8 Å². The van der Waals surface area contributed by atoms with Crippen LogP contribution in [0.25, 0.3) is 0 Å². The summed E-state index contributed by atoms with van der Waals surface area (Å²) in [5.41, 5.74) is 4.11. The highest BCUT2D eigenvalue weighted by Gasteiger charge is 2.23. The number of benzene rings is 1. The van der Waals surface area contributed by atoms with Gasteiger partial charge in [0.1, 0.15) is 0 Å². The molecule has 3 heteroatoms. The number of hydrogen-bond acceptors (Lipinski definition) is 2. The van der Waals surface area contributed by atoms with Crippen molar-refractivity contribution in [1.82, 2.24) is 0 Å². The predicted octanol–water partition coefficient (Wildman–Crippen LogP) is 6.08. The van der Waals surface area contributed by atoms with Crippen molar-refractivity contribution < 1.29 is 0 Å². The van der Waals surface area contributed by atoms with E-state index >= 15 is 0 Å². The molecule has 0 amide bonds. The van der Waals surface area contributed by atoms with Gasteiger partial charge in [0.25, 0.3) is 0 Å². The molecule has 104 valence electrons. The Morgan fingerprint density at radius 2 is 2.05 bits per heavy atom. The minimum atomic E-state index is 1.05. The third-order valence-corrected chi connectivity index (χ3v) is 5.52. The summed E-state index contributed by atoms with van der Waals surface area (Å²) in [6, 6.07) is 6.43.